The van der Waals surface area contributed by atoms with Crippen molar-refractivity contribution in [3.8, 4) is 0 Å². The molecule has 0 aromatic carbocycles. The molecule has 2 rings (SSSR count). The molecule has 1 aliphatic heterocycles. The first-order valence-electron chi connectivity index (χ1n) is 6.14. The van der Waals surface area contributed by atoms with Crippen molar-refractivity contribution in [2.75, 3.05) is 24.1 Å². The van der Waals surface area contributed by atoms with E-state index in [1.807, 2.05) is 4.90 Å². The lowest BCUT2D eigenvalue weighted by molar-refractivity contribution is -0.131. The summed E-state index contributed by atoms with van der Waals surface area (Å²) in [5.41, 5.74) is 0.617. The van der Waals surface area contributed by atoms with Crippen molar-refractivity contribution in [2.24, 2.45) is 0 Å². The number of piperidine rings is 1. The number of nitrogens with one attached hydrogen (secondary N) is 1. The highest BCUT2D eigenvalue weighted by atomic mass is 32.2. The second kappa shape index (κ2) is 5.87. The highest BCUT2D eigenvalue weighted by molar-refractivity contribution is 7.92. The topological polar surface area (TPSA) is 79.4 Å². The minimum atomic E-state index is -3.31. The summed E-state index contributed by atoms with van der Waals surface area (Å²) in [6.45, 7) is 1.63. The molecular weight excluding hydrogens is 286 g/mol. The maximum atomic E-state index is 12.0. The lowest BCUT2D eigenvalue weighted by Crippen LogP contribution is -2.36. The number of thiazole rings is 1. The van der Waals surface area contributed by atoms with E-state index >= 15 is 0 Å². The summed E-state index contributed by atoms with van der Waals surface area (Å²) >= 11 is 1.19. The van der Waals surface area contributed by atoms with Crippen LogP contribution >= 0.6 is 11.3 Å². The van der Waals surface area contributed by atoms with Crippen LogP contribution in [0.25, 0.3) is 0 Å². The molecule has 0 bridgehead atoms. The molecule has 0 unspecified atom stereocenters. The summed E-state index contributed by atoms with van der Waals surface area (Å²) in [7, 11) is -3.31. The van der Waals surface area contributed by atoms with Gasteiger partial charge in [-0.2, -0.15) is 0 Å². The molecule has 1 aromatic rings. The van der Waals surface area contributed by atoms with Crippen LogP contribution in [0.1, 0.15) is 25.0 Å². The highest BCUT2D eigenvalue weighted by Gasteiger charge is 2.18. The summed E-state index contributed by atoms with van der Waals surface area (Å²) in [5, 5.41) is 2.03. The van der Waals surface area contributed by atoms with Crippen LogP contribution in [-0.2, 0) is 21.2 Å². The average molecular weight is 303 g/mol. The molecule has 0 radical (unpaired) electrons. The van der Waals surface area contributed by atoms with Crippen molar-refractivity contribution in [1.29, 1.82) is 0 Å². The van der Waals surface area contributed by atoms with E-state index in [4.69, 9.17) is 0 Å². The molecule has 1 aliphatic rings. The van der Waals surface area contributed by atoms with Crippen molar-refractivity contribution >= 4 is 32.4 Å². The maximum Gasteiger partial charge on any atom is 0.231 e. The number of amides is 1. The van der Waals surface area contributed by atoms with Crippen molar-refractivity contribution in [3.05, 3.63) is 11.1 Å². The Labute approximate surface area is 116 Å². The molecule has 0 saturated carbocycles. The number of sulfonamides is 1. The highest BCUT2D eigenvalue weighted by Crippen LogP contribution is 2.18. The molecule has 0 aliphatic carbocycles. The van der Waals surface area contributed by atoms with Gasteiger partial charge < -0.3 is 4.90 Å². The van der Waals surface area contributed by atoms with Crippen LogP contribution in [0.2, 0.25) is 0 Å². The molecule has 106 valence electrons. The molecule has 2 heterocycles. The number of nitrogens with zero attached hydrogens (tertiary/aromatic N) is 2. The SMILES string of the molecule is CS(=O)(=O)Nc1nc(CC(=O)N2CCCCC2)cs1. The average Bonchev–Trinajstić information content (AvgIpc) is 2.75. The number of likely N-dealkylation sites (tertiary alicyclic amines) is 1. The smallest absolute Gasteiger partial charge is 0.231 e. The zero-order valence-electron chi connectivity index (χ0n) is 10.8. The number of hydrogen-bond acceptors (Lipinski definition) is 5. The van der Waals surface area contributed by atoms with Gasteiger partial charge in [-0.1, -0.05) is 0 Å². The largest absolute Gasteiger partial charge is 0.342 e. The Bertz CT molecular complexity index is 547. The zero-order valence-corrected chi connectivity index (χ0v) is 12.4. The fraction of sp³-hybridized carbons (Fsp3) is 0.636. The van der Waals surface area contributed by atoms with Gasteiger partial charge in [0, 0.05) is 18.5 Å². The van der Waals surface area contributed by atoms with Gasteiger partial charge in [0.2, 0.25) is 15.9 Å². The van der Waals surface area contributed by atoms with E-state index in [9.17, 15) is 13.2 Å². The van der Waals surface area contributed by atoms with E-state index in [1.165, 1.54) is 17.8 Å². The Morgan fingerprint density at radius 2 is 2.11 bits per heavy atom. The van der Waals surface area contributed by atoms with Gasteiger partial charge >= 0.3 is 0 Å². The second-order valence-electron chi connectivity index (χ2n) is 4.64. The van der Waals surface area contributed by atoms with Crippen LogP contribution in [-0.4, -0.2) is 43.6 Å². The number of aromatic nitrogens is 1. The Morgan fingerprint density at radius 3 is 2.74 bits per heavy atom. The van der Waals surface area contributed by atoms with Crippen LogP contribution in [0.5, 0.6) is 0 Å². The second-order valence-corrected chi connectivity index (χ2v) is 7.24. The predicted octanol–water partition coefficient (Wildman–Crippen LogP) is 1.07. The minimum absolute atomic E-state index is 0.0657. The summed E-state index contributed by atoms with van der Waals surface area (Å²) in [4.78, 5) is 18.0. The number of carbonyl (C=O) groups excluding carboxylic acids is 1. The summed E-state index contributed by atoms with van der Waals surface area (Å²) in [5.74, 6) is 0.0657. The van der Waals surface area contributed by atoms with Gasteiger partial charge in [0.05, 0.1) is 18.4 Å². The molecule has 1 amide bonds. The Balaban J connectivity index is 1.94. The van der Waals surface area contributed by atoms with Crippen molar-refractivity contribution in [2.45, 2.75) is 25.7 Å². The summed E-state index contributed by atoms with van der Waals surface area (Å²) in [6, 6.07) is 0. The normalized spacial score (nSPS) is 16.4. The van der Waals surface area contributed by atoms with Gasteiger partial charge in [-0.25, -0.2) is 13.4 Å². The van der Waals surface area contributed by atoms with Crippen LogP contribution in [0.4, 0.5) is 5.13 Å². The third-order valence-electron chi connectivity index (χ3n) is 2.87. The number of anilines is 1. The molecule has 1 N–H and O–H groups in total. The Hall–Kier alpha value is -1.15. The Kier molecular flexibility index (Phi) is 4.41. The van der Waals surface area contributed by atoms with E-state index in [-0.39, 0.29) is 12.3 Å². The van der Waals surface area contributed by atoms with E-state index in [1.54, 1.807) is 5.38 Å². The summed E-state index contributed by atoms with van der Waals surface area (Å²) in [6.07, 6.45) is 4.62. The first-order valence-corrected chi connectivity index (χ1v) is 8.91. The molecule has 1 saturated heterocycles. The molecule has 0 spiro atoms. The lowest BCUT2D eigenvalue weighted by atomic mass is 10.1. The quantitative estimate of drug-likeness (QED) is 0.902. The third kappa shape index (κ3) is 4.46. The fourth-order valence-electron chi connectivity index (χ4n) is 2.00. The molecular formula is C11H17N3O3S2. The minimum Gasteiger partial charge on any atom is -0.342 e. The predicted molar refractivity (Wildman–Crippen MR) is 74.7 cm³/mol. The van der Waals surface area contributed by atoms with Gasteiger partial charge in [0.15, 0.2) is 5.13 Å². The molecule has 1 fully saturated rings. The van der Waals surface area contributed by atoms with Gasteiger partial charge in [-0.15, -0.1) is 11.3 Å². The van der Waals surface area contributed by atoms with Gasteiger partial charge in [-0.3, -0.25) is 9.52 Å². The Morgan fingerprint density at radius 1 is 1.42 bits per heavy atom. The van der Waals surface area contributed by atoms with Gasteiger partial charge in [0.25, 0.3) is 0 Å². The summed E-state index contributed by atoms with van der Waals surface area (Å²) < 4.78 is 24.4. The monoisotopic (exact) mass is 303 g/mol. The fourth-order valence-corrected chi connectivity index (χ4v) is 3.57. The standard InChI is InChI=1S/C11H17N3O3S2/c1-19(16,17)13-11-12-9(8-18-11)7-10(15)14-5-3-2-4-6-14/h8H,2-7H2,1H3,(H,12,13). The first kappa shape index (κ1) is 14.3. The molecule has 6 nitrogen and oxygen atoms in total. The molecule has 8 heteroatoms. The first-order chi connectivity index (χ1) is 8.94. The zero-order chi connectivity index (χ0) is 13.9. The van der Waals surface area contributed by atoms with E-state index < -0.39 is 10.0 Å². The maximum absolute atomic E-state index is 12.0. The van der Waals surface area contributed by atoms with Crippen LogP contribution in [0, 0.1) is 0 Å². The van der Waals surface area contributed by atoms with Crippen LogP contribution in [0.15, 0.2) is 5.38 Å². The van der Waals surface area contributed by atoms with E-state index in [0.29, 0.717) is 10.8 Å². The molecule has 0 atom stereocenters. The molecule has 19 heavy (non-hydrogen) atoms. The number of hydrogen-bond donors (Lipinski definition) is 1. The third-order valence-corrected chi connectivity index (χ3v) is 4.37. The molecule has 1 aromatic heterocycles. The lowest BCUT2D eigenvalue weighted by Gasteiger charge is -2.26. The van der Waals surface area contributed by atoms with E-state index in [2.05, 4.69) is 9.71 Å². The van der Waals surface area contributed by atoms with Crippen molar-refractivity contribution < 1.29 is 13.2 Å². The van der Waals surface area contributed by atoms with Gasteiger partial charge in [0.1, 0.15) is 0 Å². The number of carbonyl (C=O) groups is 1. The van der Waals surface area contributed by atoms with Crippen molar-refractivity contribution in [1.82, 2.24) is 9.88 Å². The van der Waals surface area contributed by atoms with Crippen molar-refractivity contribution in [3.63, 3.8) is 0 Å². The number of rotatable bonds is 4. The van der Waals surface area contributed by atoms with E-state index in [0.717, 1.165) is 32.2 Å². The van der Waals surface area contributed by atoms with Crippen LogP contribution in [0.3, 0.4) is 0 Å². The van der Waals surface area contributed by atoms with Crippen LogP contribution < -0.4 is 4.72 Å². The van der Waals surface area contributed by atoms with Gasteiger partial charge in [-0.05, 0) is 19.3 Å².